The van der Waals surface area contributed by atoms with Gasteiger partial charge in [-0.05, 0) is 47.7 Å². The van der Waals surface area contributed by atoms with Crippen LogP contribution in [0.25, 0.3) is 28.2 Å². The molecule has 0 amide bonds. The number of nitrogens with zero attached hydrogens (tertiary/aromatic N) is 2. The molecule has 31 heavy (non-hydrogen) atoms. The van der Waals surface area contributed by atoms with E-state index in [-0.39, 0.29) is 5.97 Å². The van der Waals surface area contributed by atoms with Crippen LogP contribution in [0.5, 0.6) is 0 Å². The van der Waals surface area contributed by atoms with Crippen LogP contribution in [-0.2, 0) is 4.74 Å². The largest absolute Gasteiger partial charge is 0.460 e. The van der Waals surface area contributed by atoms with Crippen LogP contribution in [0.3, 0.4) is 0 Å². The molecule has 4 aromatic rings. The topological polar surface area (TPSA) is 43.1 Å². The molecule has 0 atom stereocenters. The van der Waals surface area contributed by atoms with E-state index in [1.54, 1.807) is 0 Å². The molecule has 0 radical (unpaired) electrons. The van der Waals surface area contributed by atoms with E-state index in [1.807, 2.05) is 104 Å². The summed E-state index contributed by atoms with van der Waals surface area (Å²) in [5.41, 5.74) is 6.27. The highest BCUT2D eigenvalue weighted by atomic mass is 16.5. The van der Waals surface area contributed by atoms with Crippen molar-refractivity contribution in [3.63, 3.8) is 0 Å². The monoisotopic (exact) mass is 409 g/mol. The first-order valence-electron chi connectivity index (χ1n) is 10.4. The third-order valence-electron chi connectivity index (χ3n) is 5.04. The molecule has 2 heterocycles. The number of ether oxygens (including phenoxy) is 1. The molecule has 2 aromatic heterocycles. The number of hydrogen-bond donors (Lipinski definition) is 0. The molecule has 0 aliphatic heterocycles. The zero-order chi connectivity index (χ0) is 21.8. The Balaban J connectivity index is 2.08. The second kappa shape index (κ2) is 8.92. The van der Waals surface area contributed by atoms with E-state index in [1.165, 1.54) is 0 Å². The van der Waals surface area contributed by atoms with Gasteiger partial charge in [0, 0.05) is 24.6 Å². The summed E-state index contributed by atoms with van der Waals surface area (Å²) in [5.74, 6) is 0.317. The van der Waals surface area contributed by atoms with Gasteiger partial charge in [0.2, 0.25) is 5.69 Å². The predicted octanol–water partition coefficient (Wildman–Crippen LogP) is 5.49. The minimum absolute atomic E-state index is 0.301. The van der Waals surface area contributed by atoms with Crippen LogP contribution in [0.15, 0.2) is 84.9 Å². The highest BCUT2D eigenvalue weighted by molar-refractivity contribution is 5.88. The Morgan fingerprint density at radius 2 is 1.48 bits per heavy atom. The first kappa shape index (κ1) is 20.5. The average molecular weight is 410 g/mol. The molecule has 0 bridgehead atoms. The fourth-order valence-corrected chi connectivity index (χ4v) is 3.75. The van der Waals surface area contributed by atoms with Gasteiger partial charge in [-0.1, -0.05) is 60.7 Å². The Hall–Kier alpha value is -3.79. The summed E-state index contributed by atoms with van der Waals surface area (Å²) in [6, 6.07) is 28.1. The average Bonchev–Trinajstić information content (AvgIpc) is 2.79. The molecule has 0 saturated carbocycles. The van der Waals surface area contributed by atoms with Crippen molar-refractivity contribution < 1.29 is 14.1 Å². The molecule has 0 aliphatic rings. The molecule has 0 N–H and O–H groups in total. The quantitative estimate of drug-likeness (QED) is 0.324. The molecule has 4 rings (SSSR count). The Labute approximate surface area is 182 Å². The number of benzene rings is 2. The minimum Gasteiger partial charge on any atom is -0.460 e. The highest BCUT2D eigenvalue weighted by Crippen LogP contribution is 2.26. The number of esters is 1. The van der Waals surface area contributed by atoms with Gasteiger partial charge in [-0.2, -0.15) is 4.57 Å². The molecule has 0 saturated heterocycles. The van der Waals surface area contributed by atoms with Gasteiger partial charge in [-0.15, -0.1) is 0 Å². The zero-order valence-corrected chi connectivity index (χ0v) is 18.0. The lowest BCUT2D eigenvalue weighted by atomic mass is 10.0. The third kappa shape index (κ3) is 4.38. The van der Waals surface area contributed by atoms with Gasteiger partial charge in [0.05, 0.1) is 6.61 Å². The zero-order valence-electron chi connectivity index (χ0n) is 18.0. The molecule has 154 valence electrons. The summed E-state index contributed by atoms with van der Waals surface area (Å²) in [7, 11) is 0. The van der Waals surface area contributed by atoms with Crippen molar-refractivity contribution in [2.75, 3.05) is 6.61 Å². The summed E-state index contributed by atoms with van der Waals surface area (Å²) >= 11 is 0. The van der Waals surface area contributed by atoms with Crippen LogP contribution in [0.4, 0.5) is 0 Å². The Bertz CT molecular complexity index is 1200. The number of aromatic nitrogens is 2. The number of aryl methyl sites for hydroxylation is 2. The van der Waals surface area contributed by atoms with Crippen LogP contribution < -0.4 is 4.57 Å². The van der Waals surface area contributed by atoms with E-state index >= 15 is 0 Å². The van der Waals surface area contributed by atoms with Crippen molar-refractivity contribution in [2.24, 2.45) is 0 Å². The van der Waals surface area contributed by atoms with Crippen molar-refractivity contribution in [3.8, 4) is 28.2 Å². The second-order valence-electron chi connectivity index (χ2n) is 7.45. The number of pyridine rings is 2. The first-order chi connectivity index (χ1) is 15.1. The van der Waals surface area contributed by atoms with Gasteiger partial charge < -0.3 is 4.74 Å². The van der Waals surface area contributed by atoms with Gasteiger partial charge >= 0.3 is 11.8 Å². The van der Waals surface area contributed by atoms with Gasteiger partial charge in [0.15, 0.2) is 0 Å². The van der Waals surface area contributed by atoms with Crippen molar-refractivity contribution >= 4 is 5.97 Å². The molecule has 0 fully saturated rings. The van der Waals surface area contributed by atoms with E-state index in [2.05, 4.69) is 6.07 Å². The van der Waals surface area contributed by atoms with E-state index < -0.39 is 0 Å². The number of rotatable bonds is 5. The number of hydrogen-bond acceptors (Lipinski definition) is 3. The lowest BCUT2D eigenvalue weighted by Crippen LogP contribution is -2.42. The molecular weight excluding hydrogens is 384 g/mol. The fourth-order valence-electron chi connectivity index (χ4n) is 3.75. The van der Waals surface area contributed by atoms with Crippen LogP contribution in [0, 0.1) is 13.8 Å². The normalized spacial score (nSPS) is 10.7. The van der Waals surface area contributed by atoms with Crippen molar-refractivity contribution in [2.45, 2.75) is 20.8 Å². The van der Waals surface area contributed by atoms with Crippen molar-refractivity contribution in [1.29, 1.82) is 0 Å². The highest BCUT2D eigenvalue weighted by Gasteiger charge is 2.27. The summed E-state index contributed by atoms with van der Waals surface area (Å²) in [6.07, 6.45) is 0. The SMILES string of the molecule is CCOC(=O)c1cc(-c2ccccc2)cc(-c2ccccc2)[n+]1-c1cc(C)cc(C)n1. The number of carbonyl (C=O) groups is 1. The second-order valence-corrected chi connectivity index (χ2v) is 7.45. The Morgan fingerprint density at radius 1 is 0.839 bits per heavy atom. The predicted molar refractivity (Wildman–Crippen MR) is 122 cm³/mol. The third-order valence-corrected chi connectivity index (χ3v) is 5.04. The molecule has 4 nitrogen and oxygen atoms in total. The van der Waals surface area contributed by atoms with Crippen LogP contribution in [0.1, 0.15) is 28.7 Å². The summed E-state index contributed by atoms with van der Waals surface area (Å²) in [6.45, 7) is 6.11. The Morgan fingerprint density at radius 3 is 2.10 bits per heavy atom. The minimum atomic E-state index is -0.376. The molecule has 0 unspecified atom stereocenters. The van der Waals surface area contributed by atoms with Gasteiger partial charge in [-0.25, -0.2) is 4.79 Å². The lowest BCUT2D eigenvalue weighted by molar-refractivity contribution is -0.591. The van der Waals surface area contributed by atoms with Crippen LogP contribution in [0.2, 0.25) is 0 Å². The van der Waals surface area contributed by atoms with Gasteiger partial charge in [0.1, 0.15) is 11.4 Å². The van der Waals surface area contributed by atoms with Crippen LogP contribution >= 0.6 is 0 Å². The molecule has 0 aliphatic carbocycles. The van der Waals surface area contributed by atoms with Crippen LogP contribution in [-0.4, -0.2) is 17.6 Å². The first-order valence-corrected chi connectivity index (χ1v) is 10.4. The number of carbonyl (C=O) groups excluding carboxylic acids is 1. The molecule has 2 aromatic carbocycles. The smallest absolute Gasteiger partial charge is 0.378 e. The van der Waals surface area contributed by atoms with Gasteiger partial charge in [0.25, 0.3) is 0 Å². The fraction of sp³-hybridized carbons (Fsp3) is 0.148. The maximum Gasteiger partial charge on any atom is 0.378 e. The lowest BCUT2D eigenvalue weighted by Gasteiger charge is -2.14. The van der Waals surface area contributed by atoms with E-state index in [0.29, 0.717) is 18.1 Å². The Kier molecular flexibility index (Phi) is 5.89. The van der Waals surface area contributed by atoms with Crippen molar-refractivity contribution in [1.82, 2.24) is 4.98 Å². The van der Waals surface area contributed by atoms with Gasteiger partial charge in [-0.3, -0.25) is 0 Å². The summed E-state index contributed by atoms with van der Waals surface area (Å²) < 4.78 is 7.35. The van der Waals surface area contributed by atoms with E-state index in [9.17, 15) is 4.79 Å². The summed E-state index contributed by atoms with van der Waals surface area (Å²) in [5, 5.41) is 0. The molecule has 4 heteroatoms. The maximum absolute atomic E-state index is 13.1. The summed E-state index contributed by atoms with van der Waals surface area (Å²) in [4.78, 5) is 17.9. The van der Waals surface area contributed by atoms with Crippen molar-refractivity contribution in [3.05, 3.63) is 102 Å². The van der Waals surface area contributed by atoms with E-state index in [4.69, 9.17) is 9.72 Å². The molecular formula is C27H25N2O2+. The maximum atomic E-state index is 13.1. The van der Waals surface area contributed by atoms with E-state index in [0.717, 1.165) is 33.6 Å². The standard InChI is InChI=1S/C27H25N2O2/c1-4-31-27(30)25-18-23(21-11-7-5-8-12-21)17-24(22-13-9-6-10-14-22)29(25)26-16-19(2)15-20(3)28-26/h5-18H,4H2,1-3H3/q+1. The molecule has 0 spiro atoms.